The van der Waals surface area contributed by atoms with Crippen LogP contribution in [0.5, 0.6) is 0 Å². The predicted molar refractivity (Wildman–Crippen MR) is 157 cm³/mol. The number of thiocarbonyl (C=S) groups is 1. The third-order valence-corrected chi connectivity index (χ3v) is 8.68. The number of hydrogen-bond donors (Lipinski definition) is 0. The van der Waals surface area contributed by atoms with Gasteiger partial charge in [0, 0.05) is 25.2 Å². The average molecular weight is 565 g/mol. The first-order valence-electron chi connectivity index (χ1n) is 13.1. The van der Waals surface area contributed by atoms with E-state index in [1.165, 1.54) is 11.8 Å². The number of carbonyl (C=O) groups excluding carboxylic acids is 2. The summed E-state index contributed by atoms with van der Waals surface area (Å²) in [6.45, 7) is 9.12. The monoisotopic (exact) mass is 564 g/mol. The summed E-state index contributed by atoms with van der Waals surface area (Å²) < 4.78 is 7.27. The number of rotatable bonds is 7. The first-order valence-corrected chi connectivity index (χ1v) is 14.4. The van der Waals surface area contributed by atoms with Crippen LogP contribution < -0.4 is 10.5 Å². The molecule has 8 nitrogen and oxygen atoms in total. The van der Waals surface area contributed by atoms with Gasteiger partial charge in [-0.05, 0) is 57.7 Å². The molecule has 10 heteroatoms. The Labute approximate surface area is 238 Å². The molecule has 2 saturated heterocycles. The minimum atomic E-state index is -0.359. The topological polar surface area (TPSA) is 95.6 Å². The Morgan fingerprint density at radius 3 is 2.49 bits per heavy atom. The number of hydrogen-bond acceptors (Lipinski definition) is 8. The van der Waals surface area contributed by atoms with Gasteiger partial charge in [0.2, 0.25) is 0 Å². The van der Waals surface area contributed by atoms with Crippen LogP contribution in [-0.4, -0.2) is 45.4 Å². The van der Waals surface area contributed by atoms with Crippen molar-refractivity contribution in [2.75, 3.05) is 24.6 Å². The van der Waals surface area contributed by atoms with Crippen LogP contribution in [0, 0.1) is 24.2 Å². The predicted octanol–water partition coefficient (Wildman–Crippen LogP) is 4.79. The molecule has 0 bridgehead atoms. The van der Waals surface area contributed by atoms with Crippen molar-refractivity contribution in [2.45, 2.75) is 53.1 Å². The van der Waals surface area contributed by atoms with Crippen LogP contribution in [0.3, 0.4) is 0 Å². The summed E-state index contributed by atoms with van der Waals surface area (Å²) in [5.74, 6) is 0.0577. The molecular formula is C29H32N4O4S2. The van der Waals surface area contributed by atoms with E-state index in [0.717, 1.165) is 5.56 Å². The minimum Gasteiger partial charge on any atom is -0.466 e. The van der Waals surface area contributed by atoms with Gasteiger partial charge in [-0.15, -0.1) is 0 Å². The number of amides is 1. The summed E-state index contributed by atoms with van der Waals surface area (Å²) in [5.41, 5.74) is 1.85. The second-order valence-corrected chi connectivity index (χ2v) is 11.2. The minimum absolute atomic E-state index is 0.0568. The summed E-state index contributed by atoms with van der Waals surface area (Å²) in [6, 6.07) is 11.5. The van der Waals surface area contributed by atoms with Crippen LogP contribution in [0.25, 0.3) is 6.08 Å². The number of carbonyl (C=O) groups is 2. The molecule has 204 valence electrons. The summed E-state index contributed by atoms with van der Waals surface area (Å²) in [7, 11) is 0. The van der Waals surface area contributed by atoms with Gasteiger partial charge < -0.3 is 9.64 Å². The van der Waals surface area contributed by atoms with Crippen LogP contribution in [0.1, 0.15) is 61.9 Å². The van der Waals surface area contributed by atoms with E-state index in [4.69, 9.17) is 17.0 Å². The van der Waals surface area contributed by atoms with Gasteiger partial charge in [-0.25, -0.2) is 0 Å². The molecule has 0 N–H and O–H groups in total. The number of nitrogens with zero attached hydrogens (tertiary/aromatic N) is 4. The molecule has 0 aliphatic carbocycles. The quantitative estimate of drug-likeness (QED) is 0.269. The maximum atomic E-state index is 13.6. The van der Waals surface area contributed by atoms with Gasteiger partial charge in [-0.1, -0.05) is 54.3 Å². The molecule has 2 aromatic rings. The number of nitriles is 1. The zero-order valence-corrected chi connectivity index (χ0v) is 24.2. The highest BCUT2D eigenvalue weighted by Gasteiger charge is 2.37. The van der Waals surface area contributed by atoms with Crippen molar-refractivity contribution in [3.8, 4) is 6.07 Å². The maximum Gasteiger partial charge on any atom is 0.309 e. The number of anilines is 1. The summed E-state index contributed by atoms with van der Waals surface area (Å²) >= 11 is 6.84. The number of piperidine rings is 1. The lowest BCUT2D eigenvalue weighted by molar-refractivity contribution is -0.148. The van der Waals surface area contributed by atoms with Crippen molar-refractivity contribution in [3.05, 3.63) is 67.8 Å². The molecule has 4 rings (SSSR count). The van der Waals surface area contributed by atoms with Gasteiger partial charge >= 0.3 is 5.97 Å². The molecule has 1 aromatic carbocycles. The van der Waals surface area contributed by atoms with Gasteiger partial charge in [0.15, 0.2) is 0 Å². The zero-order valence-electron chi connectivity index (χ0n) is 22.6. The molecule has 1 atom stereocenters. The number of pyridine rings is 1. The number of thioether (sulfide) groups is 1. The van der Waals surface area contributed by atoms with Crippen LogP contribution in [0.4, 0.5) is 5.82 Å². The van der Waals surface area contributed by atoms with Crippen LogP contribution in [0.15, 0.2) is 40.0 Å². The second-order valence-electron chi connectivity index (χ2n) is 9.55. The standard InChI is InChI=1S/C29H32N4O4S2/c1-5-32-25(31-14-12-21(13-15-31)28(36)37-6-2)22(18(3)23(17-30)26(32)34)16-24-27(35)33(29(38)39-24)19(4)20-10-8-7-9-11-20/h7-11,16,19,21H,5-6,12-15H2,1-4H3/b24-16-. The highest BCUT2D eigenvalue weighted by Crippen LogP contribution is 2.40. The van der Waals surface area contributed by atoms with E-state index >= 15 is 0 Å². The molecule has 3 heterocycles. The van der Waals surface area contributed by atoms with E-state index in [1.807, 2.05) is 44.2 Å². The third kappa shape index (κ3) is 5.52. The lowest BCUT2D eigenvalue weighted by Crippen LogP contribution is -2.41. The Balaban J connectivity index is 1.76. The van der Waals surface area contributed by atoms with Gasteiger partial charge in [-0.2, -0.15) is 5.26 Å². The first-order chi connectivity index (χ1) is 18.7. The SMILES string of the molecule is CCOC(=O)C1CCN(c2c(/C=C3\SC(=S)N(C(C)c4ccccc4)C3=O)c(C)c(C#N)c(=O)n2CC)CC1. The molecule has 2 aliphatic rings. The van der Waals surface area contributed by atoms with Crippen molar-refractivity contribution in [1.82, 2.24) is 9.47 Å². The van der Waals surface area contributed by atoms with Gasteiger partial charge in [0.1, 0.15) is 21.8 Å². The van der Waals surface area contributed by atoms with E-state index < -0.39 is 0 Å². The Kier molecular flexibility index (Phi) is 8.93. The van der Waals surface area contributed by atoms with Crippen LogP contribution in [-0.2, 0) is 20.9 Å². The van der Waals surface area contributed by atoms with E-state index in [1.54, 1.807) is 29.4 Å². The van der Waals surface area contributed by atoms with Crippen molar-refractivity contribution in [2.24, 2.45) is 5.92 Å². The Hall–Kier alpha value is -3.42. The highest BCUT2D eigenvalue weighted by atomic mass is 32.2. The second kappa shape index (κ2) is 12.2. The Morgan fingerprint density at radius 1 is 1.23 bits per heavy atom. The molecule has 39 heavy (non-hydrogen) atoms. The molecule has 0 radical (unpaired) electrons. The molecule has 0 saturated carbocycles. The normalized spacial score (nSPS) is 18.0. The van der Waals surface area contributed by atoms with Gasteiger partial charge in [0.05, 0.1) is 23.5 Å². The van der Waals surface area contributed by atoms with E-state index in [0.29, 0.717) is 65.3 Å². The van der Waals surface area contributed by atoms with Gasteiger partial charge in [-0.3, -0.25) is 23.9 Å². The smallest absolute Gasteiger partial charge is 0.309 e. The highest BCUT2D eigenvalue weighted by molar-refractivity contribution is 8.26. The zero-order chi connectivity index (χ0) is 28.3. The fourth-order valence-electron chi connectivity index (χ4n) is 5.19. The van der Waals surface area contributed by atoms with Crippen molar-refractivity contribution >= 4 is 52.1 Å². The average Bonchev–Trinajstić information content (AvgIpc) is 3.22. The third-order valence-electron chi connectivity index (χ3n) is 7.35. The first kappa shape index (κ1) is 28.6. The molecule has 1 amide bonds. The fourth-order valence-corrected chi connectivity index (χ4v) is 6.59. The molecule has 2 fully saturated rings. The van der Waals surface area contributed by atoms with E-state index in [9.17, 15) is 19.6 Å². The number of aromatic nitrogens is 1. The van der Waals surface area contributed by atoms with Crippen molar-refractivity contribution in [3.63, 3.8) is 0 Å². The molecule has 2 aliphatic heterocycles. The lowest BCUT2D eigenvalue weighted by Gasteiger charge is -2.35. The van der Waals surface area contributed by atoms with Crippen LogP contribution >= 0.6 is 24.0 Å². The lowest BCUT2D eigenvalue weighted by atomic mass is 9.95. The van der Waals surface area contributed by atoms with Crippen molar-refractivity contribution < 1.29 is 14.3 Å². The summed E-state index contributed by atoms with van der Waals surface area (Å²) in [5, 5.41) is 9.84. The number of esters is 1. The Morgan fingerprint density at radius 2 is 1.90 bits per heavy atom. The fraction of sp³-hybridized carbons (Fsp3) is 0.414. The van der Waals surface area contributed by atoms with Crippen molar-refractivity contribution in [1.29, 1.82) is 5.26 Å². The largest absolute Gasteiger partial charge is 0.466 e. The number of ether oxygens (including phenoxy) is 1. The number of benzene rings is 1. The molecule has 0 spiro atoms. The summed E-state index contributed by atoms with van der Waals surface area (Å²) in [6.07, 6.45) is 2.95. The summed E-state index contributed by atoms with van der Waals surface area (Å²) in [4.78, 5) is 43.4. The molecular weight excluding hydrogens is 532 g/mol. The Bertz CT molecular complexity index is 1420. The molecule has 1 aromatic heterocycles. The van der Waals surface area contributed by atoms with E-state index in [2.05, 4.69) is 11.0 Å². The van der Waals surface area contributed by atoms with E-state index in [-0.39, 0.29) is 35.0 Å². The maximum absolute atomic E-state index is 13.6. The molecule has 1 unspecified atom stereocenters. The van der Waals surface area contributed by atoms with Gasteiger partial charge in [0.25, 0.3) is 11.5 Å². The van der Waals surface area contributed by atoms with Crippen LogP contribution in [0.2, 0.25) is 0 Å².